The van der Waals surface area contributed by atoms with Gasteiger partial charge in [-0.2, -0.15) is 0 Å². The van der Waals surface area contributed by atoms with Crippen molar-refractivity contribution in [1.29, 1.82) is 0 Å². The van der Waals surface area contributed by atoms with Gasteiger partial charge in [-0.15, -0.1) is 11.8 Å². The lowest BCUT2D eigenvalue weighted by Gasteiger charge is -2.41. The molecule has 160 valence electrons. The fourth-order valence-electron chi connectivity index (χ4n) is 4.58. The molecule has 1 unspecified atom stereocenters. The molecule has 7 heteroatoms. The van der Waals surface area contributed by atoms with Crippen LogP contribution in [0.3, 0.4) is 0 Å². The molecule has 1 aromatic heterocycles. The predicted octanol–water partition coefficient (Wildman–Crippen LogP) is 3.71. The Morgan fingerprint density at radius 3 is 2.55 bits per heavy atom. The lowest BCUT2D eigenvalue weighted by atomic mass is 9.77. The van der Waals surface area contributed by atoms with Crippen LogP contribution in [0.25, 0.3) is 0 Å². The Kier molecular flexibility index (Phi) is 4.81. The Morgan fingerprint density at radius 1 is 1.16 bits per heavy atom. The van der Waals surface area contributed by atoms with Gasteiger partial charge in [-0.05, 0) is 48.4 Å². The largest absolute Gasteiger partial charge is 0.506 e. The van der Waals surface area contributed by atoms with Crippen LogP contribution in [0.5, 0.6) is 5.75 Å². The second-order valence-corrected chi connectivity index (χ2v) is 9.88. The molecular formula is C24H26N4O2S. The molecule has 1 saturated carbocycles. The summed E-state index contributed by atoms with van der Waals surface area (Å²) in [4.78, 5) is 24.9. The number of guanidine groups is 1. The summed E-state index contributed by atoms with van der Waals surface area (Å²) in [6.07, 6.45) is 7.86. The normalized spacial score (nSPS) is 28.5. The number of nitrogens with two attached hydrogens (primary N) is 1. The standard InChI is InChI=1S/C24H26N4O2S/c1-24(20-10-18(13-31-20)17-9-19(29)12-26-11-17)21(22(30)28(2)23(25)27-24)16-7-5-15(6-8-16)14-3-4-14/h5-12,14,18,21,29H,3-4,13H2,1-2H3,(H2,25,27)/t18?,21-,24+/m0/s1. The fourth-order valence-corrected chi connectivity index (χ4v) is 5.94. The number of carbonyl (C=O) groups excluding carboxylic acids is 1. The predicted molar refractivity (Wildman–Crippen MR) is 123 cm³/mol. The zero-order chi connectivity index (χ0) is 21.8. The van der Waals surface area contributed by atoms with Gasteiger partial charge < -0.3 is 10.8 Å². The maximum Gasteiger partial charge on any atom is 0.239 e. The van der Waals surface area contributed by atoms with Crippen LogP contribution in [0, 0.1) is 0 Å². The molecule has 0 saturated heterocycles. The van der Waals surface area contributed by atoms with E-state index in [1.54, 1.807) is 31.1 Å². The monoisotopic (exact) mass is 434 g/mol. The molecule has 3 N–H and O–H groups in total. The summed E-state index contributed by atoms with van der Waals surface area (Å²) in [5.74, 6) is 1.48. The SMILES string of the molecule is CN1C(=O)[C@H](c2ccc(C3CC3)cc2)[C@@](C)(C2=CC(c3cncc(O)c3)CS2)N=C1N. The van der Waals surface area contributed by atoms with E-state index >= 15 is 0 Å². The van der Waals surface area contributed by atoms with E-state index in [0.29, 0.717) is 5.92 Å². The van der Waals surface area contributed by atoms with Crippen LogP contribution >= 0.6 is 11.8 Å². The Labute approximate surface area is 186 Å². The number of rotatable bonds is 4. The van der Waals surface area contributed by atoms with Gasteiger partial charge in [0, 0.05) is 29.8 Å². The molecule has 3 atom stereocenters. The summed E-state index contributed by atoms with van der Waals surface area (Å²) in [6, 6.07) is 10.2. The number of allylic oxidation sites excluding steroid dienone is 1. The van der Waals surface area contributed by atoms with Crippen molar-refractivity contribution in [3.05, 3.63) is 70.4 Å². The topological polar surface area (TPSA) is 91.8 Å². The van der Waals surface area contributed by atoms with Crippen molar-refractivity contribution in [3.63, 3.8) is 0 Å². The highest BCUT2D eigenvalue weighted by Gasteiger charge is 2.49. The summed E-state index contributed by atoms with van der Waals surface area (Å²) in [7, 11) is 1.68. The summed E-state index contributed by atoms with van der Waals surface area (Å²) in [5.41, 5.74) is 8.64. The van der Waals surface area contributed by atoms with Crippen LogP contribution in [0.1, 0.15) is 54.2 Å². The highest BCUT2D eigenvalue weighted by molar-refractivity contribution is 8.03. The number of aromatic hydroxyl groups is 1. The van der Waals surface area contributed by atoms with E-state index in [0.717, 1.165) is 21.8 Å². The van der Waals surface area contributed by atoms with Crippen LogP contribution in [0.4, 0.5) is 0 Å². The highest BCUT2D eigenvalue weighted by atomic mass is 32.2. The van der Waals surface area contributed by atoms with E-state index in [1.165, 1.54) is 29.5 Å². The number of pyridine rings is 1. The van der Waals surface area contributed by atoms with Crippen molar-refractivity contribution >= 4 is 23.6 Å². The maximum atomic E-state index is 13.4. The summed E-state index contributed by atoms with van der Waals surface area (Å²) >= 11 is 1.70. The molecule has 1 aliphatic carbocycles. The van der Waals surface area contributed by atoms with E-state index in [1.807, 2.05) is 6.92 Å². The van der Waals surface area contributed by atoms with Crippen molar-refractivity contribution < 1.29 is 9.90 Å². The molecule has 0 radical (unpaired) electrons. The first kappa shape index (κ1) is 20.1. The molecule has 3 aliphatic rings. The third kappa shape index (κ3) is 3.51. The number of hydrogen-bond acceptors (Lipinski definition) is 6. The first-order chi connectivity index (χ1) is 14.9. The Bertz CT molecular complexity index is 1090. The molecule has 3 heterocycles. The van der Waals surface area contributed by atoms with Crippen molar-refractivity contribution in [2.45, 2.75) is 43.1 Å². The minimum Gasteiger partial charge on any atom is -0.506 e. The van der Waals surface area contributed by atoms with Gasteiger partial charge in [0.1, 0.15) is 11.3 Å². The lowest BCUT2D eigenvalue weighted by molar-refractivity contribution is -0.129. The number of likely N-dealkylation sites (N-methyl/N-ethyl adjacent to an activating group) is 1. The van der Waals surface area contributed by atoms with Crippen LogP contribution in [-0.2, 0) is 4.79 Å². The number of thioether (sulfide) groups is 1. The Balaban J connectivity index is 1.54. The third-order valence-electron chi connectivity index (χ3n) is 6.59. The van der Waals surface area contributed by atoms with Crippen LogP contribution < -0.4 is 5.73 Å². The smallest absolute Gasteiger partial charge is 0.239 e. The van der Waals surface area contributed by atoms with Gasteiger partial charge in [0.2, 0.25) is 5.91 Å². The molecule has 6 nitrogen and oxygen atoms in total. The molecule has 1 aromatic carbocycles. The summed E-state index contributed by atoms with van der Waals surface area (Å²) in [6.45, 7) is 2.01. The summed E-state index contributed by atoms with van der Waals surface area (Å²) < 4.78 is 0. The molecule has 0 spiro atoms. The zero-order valence-electron chi connectivity index (χ0n) is 17.7. The lowest BCUT2D eigenvalue weighted by Crippen LogP contribution is -2.54. The number of carbonyl (C=O) groups is 1. The van der Waals surface area contributed by atoms with E-state index in [9.17, 15) is 9.90 Å². The highest BCUT2D eigenvalue weighted by Crippen LogP contribution is 2.50. The number of aliphatic imine (C=N–C) groups is 1. The van der Waals surface area contributed by atoms with Gasteiger partial charge in [0.15, 0.2) is 5.96 Å². The van der Waals surface area contributed by atoms with E-state index in [-0.39, 0.29) is 23.5 Å². The molecular weight excluding hydrogens is 408 g/mol. The quantitative estimate of drug-likeness (QED) is 0.765. The van der Waals surface area contributed by atoms with E-state index in [4.69, 9.17) is 10.7 Å². The first-order valence-electron chi connectivity index (χ1n) is 10.6. The van der Waals surface area contributed by atoms with Crippen LogP contribution in [-0.4, -0.2) is 45.2 Å². The van der Waals surface area contributed by atoms with Crippen LogP contribution in [0.15, 0.2) is 58.7 Å². The van der Waals surface area contributed by atoms with Gasteiger partial charge in [0.05, 0.1) is 12.1 Å². The molecule has 1 amide bonds. The van der Waals surface area contributed by atoms with Crippen molar-refractivity contribution in [1.82, 2.24) is 9.88 Å². The fraction of sp³-hybridized carbons (Fsp3) is 0.375. The average molecular weight is 435 g/mol. The van der Waals surface area contributed by atoms with Gasteiger partial charge in [0.25, 0.3) is 0 Å². The second-order valence-electron chi connectivity index (χ2n) is 8.81. The van der Waals surface area contributed by atoms with Gasteiger partial charge in [-0.25, -0.2) is 4.99 Å². The maximum absolute atomic E-state index is 13.4. The average Bonchev–Trinajstić information content (AvgIpc) is 3.48. The molecule has 31 heavy (non-hydrogen) atoms. The number of hydrogen-bond donors (Lipinski definition) is 2. The van der Waals surface area contributed by atoms with Gasteiger partial charge in [-0.1, -0.05) is 30.3 Å². The third-order valence-corrected chi connectivity index (χ3v) is 7.98. The molecule has 2 aromatic rings. The van der Waals surface area contributed by atoms with Crippen molar-refractivity contribution in [3.8, 4) is 5.75 Å². The molecule has 1 fully saturated rings. The van der Waals surface area contributed by atoms with Crippen molar-refractivity contribution in [2.75, 3.05) is 12.8 Å². The number of benzene rings is 1. The minimum absolute atomic E-state index is 0.0434. The number of nitrogens with zero attached hydrogens (tertiary/aromatic N) is 3. The summed E-state index contributed by atoms with van der Waals surface area (Å²) in [5, 5.41) is 9.82. The van der Waals surface area contributed by atoms with E-state index < -0.39 is 11.5 Å². The molecule has 2 aliphatic heterocycles. The van der Waals surface area contributed by atoms with E-state index in [2.05, 4.69) is 35.3 Å². The van der Waals surface area contributed by atoms with Gasteiger partial charge >= 0.3 is 0 Å². The number of aromatic nitrogens is 1. The Morgan fingerprint density at radius 2 is 1.87 bits per heavy atom. The molecule has 0 bridgehead atoms. The zero-order valence-corrected chi connectivity index (χ0v) is 18.5. The van der Waals surface area contributed by atoms with Crippen LogP contribution in [0.2, 0.25) is 0 Å². The minimum atomic E-state index is -0.779. The van der Waals surface area contributed by atoms with Crippen molar-refractivity contribution in [2.24, 2.45) is 10.7 Å². The van der Waals surface area contributed by atoms with Gasteiger partial charge in [-0.3, -0.25) is 14.7 Å². The first-order valence-corrected chi connectivity index (χ1v) is 11.6. The molecule has 5 rings (SSSR count). The Hall–Kier alpha value is -2.80. The second kappa shape index (κ2) is 7.41. The number of amides is 1.